The second-order valence-electron chi connectivity index (χ2n) is 6.33. The number of para-hydroxylation sites is 1. The van der Waals surface area contributed by atoms with E-state index in [1.807, 2.05) is 13.0 Å². The summed E-state index contributed by atoms with van der Waals surface area (Å²) in [5.41, 5.74) is 0.997. The minimum absolute atomic E-state index is 0.0151. The first-order chi connectivity index (χ1) is 14.4. The number of carboxylic acids is 1. The van der Waals surface area contributed by atoms with Crippen molar-refractivity contribution in [2.24, 2.45) is 0 Å². The number of benzene rings is 2. The zero-order valence-electron chi connectivity index (χ0n) is 16.5. The minimum atomic E-state index is -1.03. The number of carbonyl (C=O) groups excluding carboxylic acids is 1. The number of carbonyl (C=O) groups is 2. The highest BCUT2D eigenvalue weighted by Gasteiger charge is 2.30. The Kier molecular flexibility index (Phi) is 9.62. The molecule has 0 radical (unpaired) electrons. The number of aliphatic carboxylic acids is 1. The molecule has 0 heterocycles. The normalized spacial score (nSPS) is 13.0. The van der Waals surface area contributed by atoms with Gasteiger partial charge in [-0.2, -0.15) is 0 Å². The van der Waals surface area contributed by atoms with E-state index in [1.165, 1.54) is 12.1 Å². The van der Waals surface area contributed by atoms with Crippen LogP contribution in [0.25, 0.3) is 0 Å². The number of halogens is 1. The van der Waals surface area contributed by atoms with E-state index in [0.29, 0.717) is 30.7 Å². The van der Waals surface area contributed by atoms with Crippen LogP contribution in [-0.4, -0.2) is 35.0 Å². The number of nitrogens with one attached hydrogen (secondary N) is 1. The van der Waals surface area contributed by atoms with Gasteiger partial charge in [0.1, 0.15) is 5.75 Å². The molecule has 0 aliphatic heterocycles. The van der Waals surface area contributed by atoms with Crippen LogP contribution in [0, 0.1) is 3.57 Å². The van der Waals surface area contributed by atoms with Crippen molar-refractivity contribution < 1.29 is 29.3 Å². The SMILES string of the molecule is CCO[C@@H](CC/C=C/C(=O)O)[C@@H](OC(=O)Nc1ccccc1)c1cc(I)ccc1O. The van der Waals surface area contributed by atoms with Crippen LogP contribution in [0.15, 0.2) is 60.7 Å². The van der Waals surface area contributed by atoms with E-state index in [1.54, 1.807) is 36.4 Å². The lowest BCUT2D eigenvalue weighted by Crippen LogP contribution is -2.29. The van der Waals surface area contributed by atoms with Gasteiger partial charge in [0.05, 0.1) is 6.10 Å². The van der Waals surface area contributed by atoms with Gasteiger partial charge in [-0.25, -0.2) is 9.59 Å². The van der Waals surface area contributed by atoms with Crippen LogP contribution >= 0.6 is 22.6 Å². The Morgan fingerprint density at radius 2 is 1.93 bits per heavy atom. The molecule has 7 nitrogen and oxygen atoms in total. The summed E-state index contributed by atoms with van der Waals surface area (Å²) in [7, 11) is 0. The van der Waals surface area contributed by atoms with Crippen LogP contribution in [0.3, 0.4) is 0 Å². The van der Waals surface area contributed by atoms with Crippen LogP contribution < -0.4 is 5.32 Å². The van der Waals surface area contributed by atoms with Crippen molar-refractivity contribution in [1.29, 1.82) is 0 Å². The van der Waals surface area contributed by atoms with Crippen molar-refractivity contribution in [3.05, 3.63) is 69.8 Å². The first kappa shape index (κ1) is 23.7. The Bertz CT molecular complexity index is 871. The third kappa shape index (κ3) is 7.68. The quantitative estimate of drug-likeness (QED) is 0.294. The molecule has 0 bridgehead atoms. The lowest BCUT2D eigenvalue weighted by Gasteiger charge is -2.28. The Hall–Kier alpha value is -2.59. The van der Waals surface area contributed by atoms with Crippen molar-refractivity contribution in [2.45, 2.75) is 32.0 Å². The van der Waals surface area contributed by atoms with E-state index in [-0.39, 0.29) is 5.75 Å². The molecule has 2 atom stereocenters. The number of hydrogen-bond donors (Lipinski definition) is 3. The number of phenolic OH excluding ortho intramolecular Hbond substituents is 1. The molecule has 0 spiro atoms. The molecular weight excluding hydrogens is 501 g/mol. The van der Waals surface area contributed by atoms with Crippen LogP contribution in [0.4, 0.5) is 10.5 Å². The summed E-state index contributed by atoms with van der Waals surface area (Å²) in [6, 6.07) is 13.9. The lowest BCUT2D eigenvalue weighted by atomic mass is 9.99. The zero-order valence-corrected chi connectivity index (χ0v) is 18.6. The Morgan fingerprint density at radius 3 is 2.60 bits per heavy atom. The van der Waals surface area contributed by atoms with E-state index in [2.05, 4.69) is 27.9 Å². The number of rotatable bonds is 10. The maximum atomic E-state index is 12.6. The number of carboxylic acid groups (broad SMARTS) is 1. The fraction of sp³-hybridized carbons (Fsp3) is 0.273. The van der Waals surface area contributed by atoms with Gasteiger partial charge >= 0.3 is 12.1 Å². The van der Waals surface area contributed by atoms with Gasteiger partial charge in [-0.3, -0.25) is 5.32 Å². The highest BCUT2D eigenvalue weighted by Crippen LogP contribution is 2.34. The van der Waals surface area contributed by atoms with Crippen LogP contribution in [0.1, 0.15) is 31.4 Å². The van der Waals surface area contributed by atoms with Gasteiger partial charge in [-0.1, -0.05) is 24.3 Å². The molecule has 160 valence electrons. The summed E-state index contributed by atoms with van der Waals surface area (Å²) in [5, 5.41) is 21.8. The Labute approximate surface area is 188 Å². The number of hydrogen-bond acceptors (Lipinski definition) is 5. The summed E-state index contributed by atoms with van der Waals surface area (Å²) in [6.45, 7) is 2.17. The van der Waals surface area contributed by atoms with E-state index >= 15 is 0 Å². The maximum absolute atomic E-state index is 12.6. The molecule has 30 heavy (non-hydrogen) atoms. The van der Waals surface area contributed by atoms with Gasteiger partial charge in [0.25, 0.3) is 0 Å². The molecule has 0 saturated carbocycles. The van der Waals surface area contributed by atoms with Crippen LogP contribution in [0.5, 0.6) is 5.75 Å². The van der Waals surface area contributed by atoms with Gasteiger partial charge in [0.2, 0.25) is 0 Å². The highest BCUT2D eigenvalue weighted by molar-refractivity contribution is 14.1. The van der Waals surface area contributed by atoms with Gasteiger partial charge in [0, 0.05) is 27.5 Å². The van der Waals surface area contributed by atoms with E-state index in [4.69, 9.17) is 14.6 Å². The zero-order chi connectivity index (χ0) is 21.9. The second kappa shape index (κ2) is 12.2. The van der Waals surface area contributed by atoms with Crippen LogP contribution in [0.2, 0.25) is 0 Å². The van der Waals surface area contributed by atoms with Crippen molar-refractivity contribution in [2.75, 3.05) is 11.9 Å². The molecule has 2 aromatic carbocycles. The number of amides is 1. The fourth-order valence-corrected chi connectivity index (χ4v) is 3.37. The van der Waals surface area contributed by atoms with Gasteiger partial charge in [-0.15, -0.1) is 0 Å². The number of aromatic hydroxyl groups is 1. The standard InChI is InChI=1S/C22H24INO6/c1-2-29-19(10-6-7-11-20(26)27)21(17-14-15(23)12-13-18(17)25)30-22(28)24-16-8-4-3-5-9-16/h3-5,7-9,11-14,19,21,25H,2,6,10H2,1H3,(H,24,28)(H,26,27)/b11-7+/t19-,21-/m0/s1. The summed E-state index contributed by atoms with van der Waals surface area (Å²) < 4.78 is 12.4. The van der Waals surface area contributed by atoms with Crippen molar-refractivity contribution >= 4 is 40.3 Å². The van der Waals surface area contributed by atoms with Crippen molar-refractivity contribution in [1.82, 2.24) is 0 Å². The van der Waals surface area contributed by atoms with E-state index in [0.717, 1.165) is 9.65 Å². The van der Waals surface area contributed by atoms with Gasteiger partial charge in [0.15, 0.2) is 6.10 Å². The van der Waals surface area contributed by atoms with E-state index < -0.39 is 24.3 Å². The number of anilines is 1. The number of allylic oxidation sites excluding steroid dienone is 1. The number of ether oxygens (including phenoxy) is 2. The summed E-state index contributed by atoms with van der Waals surface area (Å²) >= 11 is 2.11. The predicted molar refractivity (Wildman–Crippen MR) is 122 cm³/mol. The minimum Gasteiger partial charge on any atom is -0.508 e. The Morgan fingerprint density at radius 1 is 1.20 bits per heavy atom. The van der Waals surface area contributed by atoms with Gasteiger partial charge < -0.3 is 19.7 Å². The summed E-state index contributed by atoms with van der Waals surface area (Å²) in [6.07, 6.45) is 1.22. The molecule has 2 aromatic rings. The average molecular weight is 525 g/mol. The fourth-order valence-electron chi connectivity index (χ4n) is 2.86. The van der Waals surface area contributed by atoms with Crippen molar-refractivity contribution in [3.8, 4) is 5.75 Å². The lowest BCUT2D eigenvalue weighted by molar-refractivity contribution is -0.131. The van der Waals surface area contributed by atoms with Crippen LogP contribution in [-0.2, 0) is 14.3 Å². The predicted octanol–water partition coefficient (Wildman–Crippen LogP) is 5.11. The Balaban J connectivity index is 2.26. The largest absolute Gasteiger partial charge is 0.508 e. The molecule has 0 saturated heterocycles. The molecule has 0 aliphatic rings. The van der Waals surface area contributed by atoms with Gasteiger partial charge in [-0.05, 0) is 72.7 Å². The first-order valence-electron chi connectivity index (χ1n) is 9.42. The number of phenols is 1. The molecular formula is C22H24INO6. The highest BCUT2D eigenvalue weighted by atomic mass is 127. The average Bonchev–Trinajstić information content (AvgIpc) is 2.71. The summed E-state index contributed by atoms with van der Waals surface area (Å²) in [5.74, 6) is -1.05. The molecule has 0 fully saturated rings. The maximum Gasteiger partial charge on any atom is 0.412 e. The molecule has 0 aromatic heterocycles. The van der Waals surface area contributed by atoms with E-state index in [9.17, 15) is 14.7 Å². The summed E-state index contributed by atoms with van der Waals surface area (Å²) in [4.78, 5) is 23.3. The molecule has 0 unspecified atom stereocenters. The molecule has 8 heteroatoms. The topological polar surface area (TPSA) is 105 Å². The monoisotopic (exact) mass is 525 g/mol. The molecule has 2 rings (SSSR count). The van der Waals surface area contributed by atoms with Crippen molar-refractivity contribution in [3.63, 3.8) is 0 Å². The third-order valence-electron chi connectivity index (χ3n) is 4.15. The third-order valence-corrected chi connectivity index (χ3v) is 4.82. The molecule has 1 amide bonds. The molecule has 0 aliphatic carbocycles. The second-order valence-corrected chi connectivity index (χ2v) is 7.58. The first-order valence-corrected chi connectivity index (χ1v) is 10.5. The molecule has 3 N–H and O–H groups in total. The smallest absolute Gasteiger partial charge is 0.412 e.